The number of aliphatic hydroxyl groups excluding tert-OH is 3. The monoisotopic (exact) mass is 708 g/mol. The van der Waals surface area contributed by atoms with Crippen molar-refractivity contribution in [2.45, 2.75) is 87.9 Å². The second kappa shape index (κ2) is 14.8. The molecule has 2 heterocycles. The van der Waals surface area contributed by atoms with Gasteiger partial charge in [-0.2, -0.15) is 26.3 Å². The number of alkyl carbamates (subject to hydrolysis) is 1. The molecule has 268 valence electrons. The number of carbonyl (C=O) groups is 2. The van der Waals surface area contributed by atoms with Crippen LogP contribution in [0.4, 0.5) is 40.3 Å². The van der Waals surface area contributed by atoms with Crippen LogP contribution < -0.4 is 11.1 Å². The lowest BCUT2D eigenvalue weighted by atomic mass is 10.0. The maximum atomic E-state index is 15.7. The number of ether oxygens (including phenoxy) is 3. The van der Waals surface area contributed by atoms with Gasteiger partial charge in [0.15, 0.2) is 23.4 Å². The van der Waals surface area contributed by atoms with E-state index in [0.717, 1.165) is 6.92 Å². The van der Waals surface area contributed by atoms with E-state index in [9.17, 15) is 65.6 Å². The van der Waals surface area contributed by atoms with E-state index in [2.05, 4.69) is 0 Å². The zero-order valence-electron chi connectivity index (χ0n) is 24.5. The van der Waals surface area contributed by atoms with Crippen molar-refractivity contribution in [3.8, 4) is 0 Å². The molecule has 2 aliphatic heterocycles. The van der Waals surface area contributed by atoms with Crippen LogP contribution in [0.1, 0.15) is 33.6 Å². The average Bonchev–Trinajstić information content (AvgIpc) is 3.18. The molecule has 0 aromatic heterocycles. The van der Waals surface area contributed by atoms with E-state index in [4.69, 9.17) is 19.9 Å². The van der Waals surface area contributed by atoms with E-state index in [0.29, 0.717) is 11.3 Å². The van der Waals surface area contributed by atoms with Crippen LogP contribution in [0, 0.1) is 5.92 Å². The SMILES string of the molecule is CC(C)CCOC(=O)NC1C(F)=C(N)N(CC(C)OC[C@](CC(F)(F)F)(C(F)(F)F)P(=O)(O)O)C(=O)N1C1O[C@H](CO)[C@@H](O)[C@H]1O. The number of hydrogen-bond donors (Lipinski definition) is 7. The van der Waals surface area contributed by atoms with Crippen molar-refractivity contribution in [3.63, 3.8) is 0 Å². The van der Waals surface area contributed by atoms with Gasteiger partial charge in [-0.1, -0.05) is 13.8 Å². The minimum absolute atomic E-state index is 0.0842. The Morgan fingerprint density at radius 2 is 1.72 bits per heavy atom. The van der Waals surface area contributed by atoms with Crippen molar-refractivity contribution in [3.05, 3.63) is 11.6 Å². The summed E-state index contributed by atoms with van der Waals surface area (Å²) in [6.45, 7) is 0.107. The molecular weight excluding hydrogens is 672 g/mol. The minimum atomic E-state index is -6.63. The summed E-state index contributed by atoms with van der Waals surface area (Å²) in [5.74, 6) is -2.55. The Labute approximate surface area is 257 Å². The Balaban J connectivity index is 2.43. The lowest BCUT2D eigenvalue weighted by Crippen LogP contribution is -2.65. The van der Waals surface area contributed by atoms with Crippen LogP contribution in [-0.4, -0.2) is 128 Å². The summed E-state index contributed by atoms with van der Waals surface area (Å²) in [6, 6.07) is -1.45. The highest BCUT2D eigenvalue weighted by atomic mass is 31.2. The molecule has 1 saturated heterocycles. The summed E-state index contributed by atoms with van der Waals surface area (Å²) >= 11 is 0. The fourth-order valence-corrected chi connectivity index (χ4v) is 5.42. The van der Waals surface area contributed by atoms with E-state index >= 15 is 4.39 Å². The number of nitrogens with zero attached hydrogens (tertiary/aromatic N) is 2. The summed E-state index contributed by atoms with van der Waals surface area (Å²) in [6.07, 6.45) is -27.2. The Bertz CT molecular complexity index is 1170. The molecule has 23 heteroatoms. The topological polar surface area (TPSA) is 225 Å². The second-order valence-electron chi connectivity index (χ2n) is 11.1. The Kier molecular flexibility index (Phi) is 12.7. The zero-order valence-corrected chi connectivity index (χ0v) is 25.4. The maximum Gasteiger partial charge on any atom is 0.409 e. The average molecular weight is 709 g/mol. The van der Waals surface area contributed by atoms with Crippen LogP contribution in [0.5, 0.6) is 0 Å². The first-order valence-corrected chi connectivity index (χ1v) is 15.1. The number of aliphatic hydroxyl groups is 3. The molecule has 15 nitrogen and oxygen atoms in total. The lowest BCUT2D eigenvalue weighted by molar-refractivity contribution is -0.223. The maximum absolute atomic E-state index is 15.7. The predicted molar refractivity (Wildman–Crippen MR) is 139 cm³/mol. The van der Waals surface area contributed by atoms with Gasteiger partial charge in [-0.3, -0.25) is 19.7 Å². The van der Waals surface area contributed by atoms with Gasteiger partial charge < -0.3 is 45.1 Å². The first kappa shape index (κ1) is 39.7. The number of hydrogen-bond acceptors (Lipinski definition) is 10. The fraction of sp³-hybridized carbons (Fsp3) is 0.826. The number of alkyl halides is 6. The Hall–Kier alpha value is -2.46. The molecule has 0 aromatic rings. The fourth-order valence-electron chi connectivity index (χ4n) is 4.47. The summed E-state index contributed by atoms with van der Waals surface area (Å²) in [5.41, 5.74) is 5.74. The highest BCUT2D eigenvalue weighted by Crippen LogP contribution is 2.62. The molecule has 0 aromatic carbocycles. The lowest BCUT2D eigenvalue weighted by Gasteiger charge is -2.44. The molecule has 0 aliphatic carbocycles. The first-order chi connectivity index (χ1) is 20.9. The molecule has 0 saturated carbocycles. The third-order valence-electron chi connectivity index (χ3n) is 7.10. The summed E-state index contributed by atoms with van der Waals surface area (Å²) < 4.78 is 123. The molecule has 7 atom stereocenters. The molecule has 46 heavy (non-hydrogen) atoms. The highest BCUT2D eigenvalue weighted by molar-refractivity contribution is 7.53. The Morgan fingerprint density at radius 3 is 2.17 bits per heavy atom. The third-order valence-corrected chi connectivity index (χ3v) is 8.76. The molecule has 0 bridgehead atoms. The van der Waals surface area contributed by atoms with E-state index in [-0.39, 0.29) is 17.4 Å². The summed E-state index contributed by atoms with van der Waals surface area (Å²) in [7, 11) is -6.63. The second-order valence-corrected chi connectivity index (χ2v) is 13.1. The van der Waals surface area contributed by atoms with E-state index < -0.39 is 112 Å². The molecule has 2 rings (SSSR count). The molecule has 3 amide bonds. The van der Waals surface area contributed by atoms with Gasteiger partial charge in [-0.05, 0) is 19.3 Å². The number of nitrogens with two attached hydrogens (primary N) is 1. The van der Waals surface area contributed by atoms with E-state index in [1.165, 1.54) is 0 Å². The molecule has 2 aliphatic rings. The van der Waals surface area contributed by atoms with E-state index in [1.54, 1.807) is 13.8 Å². The van der Waals surface area contributed by atoms with Gasteiger partial charge >= 0.3 is 32.1 Å². The van der Waals surface area contributed by atoms with Crippen molar-refractivity contribution in [2.24, 2.45) is 11.7 Å². The van der Waals surface area contributed by atoms with Crippen molar-refractivity contribution in [2.75, 3.05) is 26.4 Å². The summed E-state index contributed by atoms with van der Waals surface area (Å²) in [5, 5.41) is 27.4. The Morgan fingerprint density at radius 1 is 1.13 bits per heavy atom. The van der Waals surface area contributed by atoms with Crippen LogP contribution in [0.15, 0.2) is 11.6 Å². The number of carbonyl (C=O) groups excluding carboxylic acids is 2. The van der Waals surface area contributed by atoms with Gasteiger partial charge in [0.05, 0.1) is 38.9 Å². The number of rotatable bonds is 13. The normalized spacial score (nSPS) is 26.9. The van der Waals surface area contributed by atoms with Crippen LogP contribution in [0.2, 0.25) is 0 Å². The van der Waals surface area contributed by atoms with Crippen molar-refractivity contribution in [1.82, 2.24) is 15.1 Å². The van der Waals surface area contributed by atoms with Crippen molar-refractivity contribution >= 4 is 19.7 Å². The molecular formula is C23H36F7N4O11P. The highest BCUT2D eigenvalue weighted by Gasteiger charge is 2.69. The van der Waals surface area contributed by atoms with Crippen LogP contribution in [-0.2, 0) is 18.8 Å². The minimum Gasteiger partial charge on any atom is -0.450 e. The number of urea groups is 1. The molecule has 0 radical (unpaired) electrons. The molecule has 8 N–H and O–H groups in total. The first-order valence-electron chi connectivity index (χ1n) is 13.5. The van der Waals surface area contributed by atoms with Gasteiger partial charge in [-0.15, -0.1) is 0 Å². The number of nitrogens with one attached hydrogen (secondary N) is 1. The van der Waals surface area contributed by atoms with Crippen molar-refractivity contribution < 1.29 is 84.2 Å². The zero-order chi connectivity index (χ0) is 35.6. The van der Waals surface area contributed by atoms with Crippen LogP contribution in [0.3, 0.4) is 0 Å². The van der Waals surface area contributed by atoms with Gasteiger partial charge in [0.2, 0.25) is 0 Å². The molecule has 1 fully saturated rings. The quantitative estimate of drug-likeness (QED) is 0.106. The van der Waals surface area contributed by atoms with Crippen molar-refractivity contribution in [1.29, 1.82) is 0 Å². The smallest absolute Gasteiger partial charge is 0.409 e. The summed E-state index contributed by atoms with van der Waals surface area (Å²) in [4.78, 5) is 45.3. The standard InChI is InChI=1S/C23H36F7N4O11P/c1-10(2)4-5-43-19(38)32-17-13(24)16(31)33(20(39)34(17)18-15(37)14(36)12(7-35)45-18)6-11(3)44-9-21(23(28,29)30,46(40,41)42)8-22(25,26)27/h10-12,14-15,17-18,35-37H,4-9,31H2,1-3H3,(H,32,38)(H2,40,41,42)/t11?,12-,14-,15-,17?,18?,21-/m1/s1. The molecule has 3 unspecified atom stereocenters. The van der Waals surface area contributed by atoms with Gasteiger partial charge in [-0.25, -0.2) is 14.0 Å². The van der Waals surface area contributed by atoms with Crippen LogP contribution in [0.25, 0.3) is 0 Å². The van der Waals surface area contributed by atoms with Gasteiger partial charge in [0, 0.05) is 0 Å². The number of amides is 3. The largest absolute Gasteiger partial charge is 0.450 e. The third kappa shape index (κ3) is 8.91. The van der Waals surface area contributed by atoms with Gasteiger partial charge in [0.1, 0.15) is 24.1 Å². The predicted octanol–water partition coefficient (Wildman–Crippen LogP) is 1.20. The van der Waals surface area contributed by atoms with Gasteiger partial charge in [0.25, 0.3) is 0 Å². The molecule has 0 spiro atoms. The van der Waals surface area contributed by atoms with Crippen LogP contribution >= 0.6 is 7.60 Å². The number of halogens is 7. The van der Waals surface area contributed by atoms with E-state index in [1.807, 2.05) is 5.32 Å².